The number of nitrogens with one attached hydrogen (secondary N) is 1. The summed E-state index contributed by atoms with van der Waals surface area (Å²) in [6, 6.07) is 12.1. The zero-order valence-electron chi connectivity index (χ0n) is 42.2. The van der Waals surface area contributed by atoms with Gasteiger partial charge in [0.25, 0.3) is 0 Å². The zero-order valence-corrected chi connectivity index (χ0v) is 42.2. The van der Waals surface area contributed by atoms with E-state index in [0.29, 0.717) is 134 Å². The van der Waals surface area contributed by atoms with Crippen LogP contribution in [-0.4, -0.2) is 164 Å². The van der Waals surface area contributed by atoms with Gasteiger partial charge in [-0.25, -0.2) is 17.9 Å². The van der Waals surface area contributed by atoms with Gasteiger partial charge in [0.05, 0.1) is 131 Å². The maximum atomic E-state index is 13.6. The van der Waals surface area contributed by atoms with Crippen LogP contribution >= 0.6 is 0 Å². The van der Waals surface area contributed by atoms with Crippen LogP contribution in [0.25, 0.3) is 0 Å². The van der Waals surface area contributed by atoms with Crippen LogP contribution in [0.15, 0.2) is 48.7 Å². The molecular formula is C51H71F3N8O11. The summed E-state index contributed by atoms with van der Waals surface area (Å²) in [7, 11) is 0. The van der Waals surface area contributed by atoms with Crippen molar-refractivity contribution < 1.29 is 65.4 Å². The maximum Gasteiger partial charge on any atom is 0.313 e. The predicted octanol–water partition coefficient (Wildman–Crippen LogP) is 5.46. The highest BCUT2D eigenvalue weighted by molar-refractivity contribution is 5.76. The van der Waals surface area contributed by atoms with Crippen molar-refractivity contribution in [2.24, 2.45) is 5.92 Å². The molecule has 22 heteroatoms. The Morgan fingerprint density at radius 3 is 1.93 bits per heavy atom. The Morgan fingerprint density at radius 1 is 0.726 bits per heavy atom. The van der Waals surface area contributed by atoms with Gasteiger partial charge >= 0.3 is 5.97 Å². The number of hydrogen-bond acceptors (Lipinski definition) is 16. The number of aromatic nitrogens is 6. The molecule has 2 aromatic heterocycles. The van der Waals surface area contributed by atoms with Gasteiger partial charge in [-0.15, -0.1) is 15.3 Å². The van der Waals surface area contributed by atoms with Gasteiger partial charge in [-0.3, -0.25) is 14.5 Å². The molecule has 2 aliphatic heterocycles. The van der Waals surface area contributed by atoms with Crippen molar-refractivity contribution in [3.63, 3.8) is 0 Å². The summed E-state index contributed by atoms with van der Waals surface area (Å²) in [6.45, 7) is 13.2. The Hall–Kier alpha value is -4.91. The molecule has 8 rings (SSSR count). The Morgan fingerprint density at radius 2 is 1.32 bits per heavy atom. The average Bonchev–Trinajstić information content (AvgIpc) is 4.15. The molecule has 1 N–H and O–H groups in total. The van der Waals surface area contributed by atoms with E-state index in [9.17, 15) is 22.8 Å². The summed E-state index contributed by atoms with van der Waals surface area (Å²) in [5, 5.41) is 20.5. The molecule has 5 atom stereocenters. The van der Waals surface area contributed by atoms with Gasteiger partial charge in [-0.2, -0.15) is 0 Å². The van der Waals surface area contributed by atoms with Crippen molar-refractivity contribution in [1.29, 1.82) is 0 Å². The number of fused-ring (bicyclic) bond motifs is 1. The largest absolute Gasteiger partial charge is 0.420 e. The fraction of sp³-hybridized carbons (Fsp3) is 0.647. The summed E-state index contributed by atoms with van der Waals surface area (Å²) in [5.41, 5.74) is 2.09. The van der Waals surface area contributed by atoms with Crippen molar-refractivity contribution >= 4 is 11.9 Å². The molecule has 4 aliphatic rings. The number of amides is 1. The van der Waals surface area contributed by atoms with Gasteiger partial charge in [-0.05, 0) is 38.2 Å². The first-order valence-electron chi connectivity index (χ1n) is 25.4. The molecule has 4 heterocycles. The lowest BCUT2D eigenvalue weighted by molar-refractivity contribution is -0.190. The third-order valence-corrected chi connectivity index (χ3v) is 13.4. The highest BCUT2D eigenvalue weighted by atomic mass is 19.1. The molecule has 2 aromatic carbocycles. The number of piperidine rings is 1. The monoisotopic (exact) mass is 1030 g/mol. The molecule has 2 bridgehead atoms. The van der Waals surface area contributed by atoms with Crippen LogP contribution in [0.5, 0.6) is 5.75 Å². The maximum absolute atomic E-state index is 13.6. The zero-order chi connectivity index (χ0) is 51.4. The minimum atomic E-state index is -1.30. The molecule has 2 aliphatic carbocycles. The molecule has 2 saturated carbocycles. The van der Waals surface area contributed by atoms with Crippen LogP contribution in [0.1, 0.15) is 93.3 Å². The minimum absolute atomic E-state index is 0.0206. The van der Waals surface area contributed by atoms with Crippen LogP contribution < -0.4 is 10.1 Å². The Balaban J connectivity index is 0.623. The molecule has 4 fully saturated rings. The lowest BCUT2D eigenvalue weighted by Crippen LogP contribution is -2.76. The first-order chi connectivity index (χ1) is 35.5. The van der Waals surface area contributed by atoms with Crippen molar-refractivity contribution in [2.75, 3.05) is 106 Å². The number of nitrogens with zero attached hydrogens (tertiary/aromatic N) is 7. The van der Waals surface area contributed by atoms with Crippen LogP contribution in [-0.2, 0) is 60.6 Å². The predicted molar refractivity (Wildman–Crippen MR) is 257 cm³/mol. The molecule has 19 nitrogen and oxygen atoms in total. The third kappa shape index (κ3) is 15.8. The van der Waals surface area contributed by atoms with Crippen LogP contribution in [0.3, 0.4) is 0 Å². The van der Waals surface area contributed by atoms with E-state index in [1.807, 2.05) is 18.2 Å². The number of benzene rings is 2. The first kappa shape index (κ1) is 55.8. The highest BCUT2D eigenvalue weighted by Crippen LogP contribution is 2.70. The molecule has 1 amide bonds. The van der Waals surface area contributed by atoms with E-state index < -0.39 is 29.2 Å². The van der Waals surface area contributed by atoms with Crippen molar-refractivity contribution in [2.45, 2.75) is 102 Å². The molecular weight excluding hydrogens is 958 g/mol. The molecule has 4 unspecified atom stereocenters. The fourth-order valence-corrected chi connectivity index (χ4v) is 10.1. The number of ether oxygens (including phenoxy) is 9. The van der Waals surface area contributed by atoms with Gasteiger partial charge in [0.15, 0.2) is 11.6 Å². The quantitative estimate of drug-likeness (QED) is 0.0340. The van der Waals surface area contributed by atoms with Crippen LogP contribution in [0.2, 0.25) is 0 Å². The van der Waals surface area contributed by atoms with Gasteiger partial charge in [0, 0.05) is 54.6 Å². The normalized spacial score (nSPS) is 19.5. The van der Waals surface area contributed by atoms with E-state index in [-0.39, 0.29) is 50.2 Å². The second-order valence-corrected chi connectivity index (χ2v) is 18.6. The first-order valence-corrected chi connectivity index (χ1v) is 25.4. The summed E-state index contributed by atoms with van der Waals surface area (Å²) in [6.07, 6.45) is 6.32. The highest BCUT2D eigenvalue weighted by Gasteiger charge is 2.74. The van der Waals surface area contributed by atoms with Gasteiger partial charge in [-0.1, -0.05) is 49.4 Å². The van der Waals surface area contributed by atoms with E-state index in [4.69, 9.17) is 37.9 Å². The molecule has 1 spiro atoms. The van der Waals surface area contributed by atoms with E-state index >= 15 is 0 Å². The number of esters is 1. The fourth-order valence-electron chi connectivity index (χ4n) is 10.1. The molecule has 4 aromatic rings. The molecule has 2 saturated heterocycles. The smallest absolute Gasteiger partial charge is 0.313 e. The molecule has 402 valence electrons. The summed E-state index contributed by atoms with van der Waals surface area (Å²) >= 11 is 0. The Labute approximate surface area is 424 Å². The van der Waals surface area contributed by atoms with E-state index in [0.717, 1.165) is 36.6 Å². The number of rotatable bonds is 37. The number of carbonyl (C=O) groups is 2. The third-order valence-electron chi connectivity index (χ3n) is 13.4. The Bertz CT molecular complexity index is 2290. The van der Waals surface area contributed by atoms with Crippen molar-refractivity contribution in [1.82, 2.24) is 40.0 Å². The lowest BCUT2D eigenvalue weighted by Gasteiger charge is -2.69. The van der Waals surface area contributed by atoms with Crippen LogP contribution in [0.4, 0.5) is 13.2 Å². The SMILES string of the molecule is Cc1nnc(C(C)C)n1C1CC23CCC(C12)N3CC[C@H](NC(=O)CCOCCOCCOCCOCc1cn(CCOCCOCCOCCOCCC(=O)Oc2c(F)cc(F)cc2F)nn1)c1ccccc1. The summed E-state index contributed by atoms with van der Waals surface area (Å²) in [4.78, 5) is 27.6. The minimum Gasteiger partial charge on any atom is -0.420 e. The topological polar surface area (TPSA) is 194 Å². The number of hydrogen-bond donors (Lipinski definition) is 1. The number of carbonyl (C=O) groups excluding carboxylic acids is 2. The van der Waals surface area contributed by atoms with E-state index in [2.05, 4.69) is 72.9 Å². The van der Waals surface area contributed by atoms with E-state index in [1.54, 1.807) is 10.9 Å². The summed E-state index contributed by atoms with van der Waals surface area (Å²) in [5.74, 6) is -2.48. The second kappa shape index (κ2) is 28.7. The lowest BCUT2D eigenvalue weighted by atomic mass is 9.56. The van der Waals surface area contributed by atoms with Gasteiger partial charge < -0.3 is 52.5 Å². The standard InChI is InChI=1S/C51H71F3N8O11/c1-36(2)50-58-56-37(3)62(50)45-33-51-13-9-44(48(45)51)61(51)14-10-43(38-7-5-4-6-8-38)55-46(63)11-16-65-19-22-68-27-28-71-29-30-72-35-40-34-60(59-57-40)15-18-67-21-24-70-26-25-69-23-20-66-17-12-47(64)73-49-41(53)31-39(52)32-42(49)54/h4-8,31-32,34,36,43-45,48H,9-30,33,35H2,1-3H3,(H,55,63)/t43-,44?,45?,48?,51?/m0/s1. The molecule has 0 radical (unpaired) electrons. The molecule has 73 heavy (non-hydrogen) atoms. The second-order valence-electron chi connectivity index (χ2n) is 18.6. The number of halogens is 3. The van der Waals surface area contributed by atoms with Crippen molar-refractivity contribution in [3.8, 4) is 5.75 Å². The van der Waals surface area contributed by atoms with Crippen molar-refractivity contribution in [3.05, 3.63) is 89.0 Å². The van der Waals surface area contributed by atoms with Gasteiger partial charge in [0.1, 0.15) is 23.2 Å². The average molecular weight is 1030 g/mol. The van der Waals surface area contributed by atoms with Gasteiger partial charge in [0.2, 0.25) is 11.7 Å². The van der Waals surface area contributed by atoms with Crippen LogP contribution in [0, 0.1) is 30.3 Å². The number of aryl methyl sites for hydroxylation is 1. The van der Waals surface area contributed by atoms with E-state index in [1.165, 1.54) is 12.8 Å². The Kier molecular flexibility index (Phi) is 21.9. The summed E-state index contributed by atoms with van der Waals surface area (Å²) < 4.78 is 93.2.